The van der Waals surface area contributed by atoms with Crippen molar-refractivity contribution >= 4 is 53.2 Å². The number of urea groups is 1. The Labute approximate surface area is 266 Å². The van der Waals surface area contributed by atoms with E-state index in [0.717, 1.165) is 9.80 Å². The number of β-lactam (4-membered cyclic amide) rings is 1. The monoisotopic (exact) mass is 653 g/mol. The fraction of sp³-hybridized carbons (Fsp3) is 0.345. The van der Waals surface area contributed by atoms with Crippen LogP contribution in [0.5, 0.6) is 0 Å². The molecule has 0 saturated carbocycles. The molecule has 2 fully saturated rings. The number of amides is 7. The largest absolute Gasteiger partial charge is 0.614 e. The topological polar surface area (TPSA) is 223 Å². The summed E-state index contributed by atoms with van der Waals surface area (Å²) in [6.07, 6.45) is 6.01. The lowest BCUT2D eigenvalue weighted by molar-refractivity contribution is -0.301. The summed E-state index contributed by atoms with van der Waals surface area (Å²) in [5.74, 6) is -4.15. The molecule has 5 rings (SSSR count). The average Bonchev–Trinajstić information content (AvgIpc) is 3.05. The van der Waals surface area contributed by atoms with Crippen molar-refractivity contribution in [3.8, 4) is 0 Å². The van der Waals surface area contributed by atoms with Gasteiger partial charge in [0.2, 0.25) is 23.4 Å². The number of nitrogens with zero attached hydrogens (tertiary/aromatic N) is 3. The van der Waals surface area contributed by atoms with Crippen LogP contribution in [-0.4, -0.2) is 98.6 Å². The van der Waals surface area contributed by atoms with Gasteiger partial charge in [0.25, 0.3) is 11.6 Å². The number of hydrogen-bond donors (Lipinski definition) is 4. The van der Waals surface area contributed by atoms with E-state index in [2.05, 4.69) is 27.3 Å². The number of likely N-dealkylation sites (N-methyl/N-ethyl adjacent to an activating group) is 1. The molecule has 17 heteroatoms. The van der Waals surface area contributed by atoms with Crippen molar-refractivity contribution in [1.82, 2.24) is 36.0 Å². The van der Waals surface area contributed by atoms with Gasteiger partial charge in [0.1, 0.15) is 36.5 Å². The lowest BCUT2D eigenvalue weighted by Gasteiger charge is -2.48. The first-order valence-electron chi connectivity index (χ1n) is 14.1. The molecule has 46 heavy (non-hydrogen) atoms. The van der Waals surface area contributed by atoms with Crippen LogP contribution in [0.15, 0.2) is 59.7 Å². The highest BCUT2D eigenvalue weighted by Crippen LogP contribution is 2.37. The van der Waals surface area contributed by atoms with Crippen LogP contribution in [0.4, 0.5) is 4.79 Å². The zero-order chi connectivity index (χ0) is 33.5. The quantitative estimate of drug-likeness (QED) is 0.0748. The average molecular weight is 654 g/mol. The van der Waals surface area contributed by atoms with E-state index < -0.39 is 52.3 Å². The molecular weight excluding hydrogens is 622 g/mol. The van der Waals surface area contributed by atoms with Crippen molar-refractivity contribution in [2.45, 2.75) is 25.3 Å². The predicted molar refractivity (Wildman–Crippen MR) is 158 cm³/mol. The maximum absolute atomic E-state index is 13.1. The summed E-state index contributed by atoms with van der Waals surface area (Å²) in [5, 5.41) is 20.7. The Hall–Kier alpha value is -5.25. The lowest BCUT2D eigenvalue weighted by atomic mass is 9.99. The van der Waals surface area contributed by atoms with Crippen LogP contribution in [-0.2, 0) is 39.9 Å². The van der Waals surface area contributed by atoms with E-state index >= 15 is 0 Å². The third-order valence-corrected chi connectivity index (χ3v) is 9.12. The number of carbonyl (C=O) groups is 7. The minimum atomic E-state index is -1.38. The molecule has 1 aromatic rings. The summed E-state index contributed by atoms with van der Waals surface area (Å²) >= 11 is -1.18. The fourth-order valence-corrected chi connectivity index (χ4v) is 6.58. The number of piperazine rings is 1. The van der Waals surface area contributed by atoms with Gasteiger partial charge in [0.15, 0.2) is 0 Å². The standard InChI is InChI=1S/C21H22N6O5.C8H9NO4S/c1-2-26-10-11-27(20(31)19(26)30)21(32)25-17(14-6-4-3-5-7-14)18(29)24-16-12-22-9-8-15(16)23-13-28;1-4-6(10)9-5(8(11)12)2-3-14(13)7(4)9/h3-7,9,13,17H,2,10-12H2,1H3,(H3-,22,23,24,25,28,29,30,31,32);2,4,7H,3H2,1H3,(H,11,12)/t;4-,7-,14?/m.0/s1. The van der Waals surface area contributed by atoms with Gasteiger partial charge >= 0.3 is 17.8 Å². The third kappa shape index (κ3) is 7.01. The third-order valence-electron chi connectivity index (χ3n) is 7.46. The zero-order valence-corrected chi connectivity index (χ0v) is 25.6. The number of rotatable bonds is 8. The number of carboxylic acid groups (broad SMARTS) is 1. The van der Waals surface area contributed by atoms with E-state index in [9.17, 15) is 43.2 Å². The van der Waals surface area contributed by atoms with Crippen molar-refractivity contribution in [1.29, 1.82) is 0 Å². The van der Waals surface area contributed by atoms with Crippen molar-refractivity contribution in [3.63, 3.8) is 0 Å². The van der Waals surface area contributed by atoms with E-state index in [1.54, 1.807) is 44.2 Å². The van der Waals surface area contributed by atoms with Crippen molar-refractivity contribution in [2.24, 2.45) is 5.92 Å². The molecule has 0 bridgehead atoms. The van der Waals surface area contributed by atoms with Gasteiger partial charge in [-0.25, -0.2) is 10.1 Å². The summed E-state index contributed by atoms with van der Waals surface area (Å²) < 4.78 is 11.4. The molecule has 4 atom stereocenters. The van der Waals surface area contributed by atoms with Gasteiger partial charge in [-0.2, -0.15) is 0 Å². The normalized spacial score (nSPS) is 22.5. The summed E-state index contributed by atoms with van der Waals surface area (Å²) in [6.45, 7) is 4.22. The van der Waals surface area contributed by atoms with Crippen LogP contribution >= 0.6 is 0 Å². The first kappa shape index (κ1) is 33.6. The van der Waals surface area contributed by atoms with Crippen LogP contribution < -0.4 is 26.4 Å². The number of imide groups is 1. The van der Waals surface area contributed by atoms with Gasteiger partial charge in [-0.1, -0.05) is 30.3 Å². The molecule has 0 radical (unpaired) electrons. The van der Waals surface area contributed by atoms with Gasteiger partial charge in [-0.3, -0.25) is 39.1 Å². The Morgan fingerprint density at radius 2 is 1.87 bits per heavy atom. The second-order valence-electron chi connectivity index (χ2n) is 10.2. The van der Waals surface area contributed by atoms with Gasteiger partial charge in [0.05, 0.1) is 11.7 Å². The lowest BCUT2D eigenvalue weighted by Crippen LogP contribution is -2.66. The molecule has 1 aromatic carbocycles. The molecule has 4 heterocycles. The Balaban J connectivity index is 0.000000284. The number of carbonyl (C=O) groups excluding carboxylic acids is 7. The molecule has 242 valence electrons. The van der Waals surface area contributed by atoms with E-state index in [1.807, 2.05) is 0 Å². The van der Waals surface area contributed by atoms with E-state index in [4.69, 9.17) is 0 Å². The van der Waals surface area contributed by atoms with Crippen LogP contribution in [0.25, 0.3) is 0 Å². The molecule has 7 amide bonds. The highest BCUT2D eigenvalue weighted by Gasteiger charge is 2.55. The smallest absolute Gasteiger partial charge is 0.325 e. The summed E-state index contributed by atoms with van der Waals surface area (Å²) in [7, 11) is 0. The molecular formula is C29H31N7O9S. The SMILES string of the molecule is CCN1CCN(C(=O)NC(C(=O)NC2=C(NC=O)[C+]=CNC2)c2ccccc2)C(=O)C1=O.C[C@H]1C(=O)N2C(C(=O)[O-])=CC[S+]([O-])[C@@H]12. The zero-order valence-electron chi connectivity index (χ0n) is 24.8. The Bertz CT molecular complexity index is 1510. The van der Waals surface area contributed by atoms with Gasteiger partial charge in [0, 0.05) is 19.6 Å². The van der Waals surface area contributed by atoms with Crippen molar-refractivity contribution in [3.05, 3.63) is 71.3 Å². The van der Waals surface area contributed by atoms with Gasteiger partial charge in [-0.15, -0.1) is 0 Å². The molecule has 4 N–H and O–H groups in total. The number of hydrogen-bond acceptors (Lipinski definition) is 10. The second-order valence-corrected chi connectivity index (χ2v) is 11.8. The molecule has 0 aromatic heterocycles. The van der Waals surface area contributed by atoms with Crippen LogP contribution in [0.3, 0.4) is 0 Å². The summed E-state index contributed by atoms with van der Waals surface area (Å²) in [6, 6.07) is 6.45. The maximum Gasteiger partial charge on any atom is 0.325 e. The van der Waals surface area contributed by atoms with Crippen molar-refractivity contribution in [2.75, 3.05) is 31.9 Å². The maximum atomic E-state index is 13.1. The number of dihydropyridines is 1. The molecule has 0 aliphatic carbocycles. The van der Waals surface area contributed by atoms with Crippen molar-refractivity contribution < 1.29 is 43.2 Å². The van der Waals surface area contributed by atoms with Gasteiger partial charge < -0.3 is 30.0 Å². The number of allylic oxidation sites excluding steroid dienone is 1. The van der Waals surface area contributed by atoms with E-state index in [1.165, 1.54) is 17.2 Å². The highest BCUT2D eigenvalue weighted by molar-refractivity contribution is 7.92. The van der Waals surface area contributed by atoms with Crippen LogP contribution in [0, 0.1) is 12.0 Å². The molecule has 16 nitrogen and oxygen atoms in total. The Morgan fingerprint density at radius 1 is 1.15 bits per heavy atom. The molecule has 2 unspecified atom stereocenters. The number of benzene rings is 1. The summed E-state index contributed by atoms with van der Waals surface area (Å²) in [5.41, 5.74) is 0.958. The minimum absolute atomic E-state index is 0.0234. The predicted octanol–water partition coefficient (Wildman–Crippen LogP) is -2.69. The Morgan fingerprint density at radius 3 is 2.52 bits per heavy atom. The number of fused-ring (bicyclic) bond motifs is 1. The summed E-state index contributed by atoms with van der Waals surface area (Å²) in [4.78, 5) is 86.4. The second kappa shape index (κ2) is 14.7. The van der Waals surface area contributed by atoms with E-state index in [-0.39, 0.29) is 48.6 Å². The minimum Gasteiger partial charge on any atom is -0.614 e. The van der Waals surface area contributed by atoms with E-state index in [0.29, 0.717) is 24.2 Å². The molecule has 2 saturated heterocycles. The highest BCUT2D eigenvalue weighted by atomic mass is 32.2. The molecule has 4 aliphatic rings. The first-order valence-corrected chi connectivity index (χ1v) is 15.5. The Kier molecular flexibility index (Phi) is 10.7. The molecule has 0 spiro atoms. The first-order chi connectivity index (χ1) is 22.0. The van der Waals surface area contributed by atoms with Gasteiger partial charge in [-0.05, 0) is 36.7 Å². The van der Waals surface area contributed by atoms with Crippen LogP contribution in [0.2, 0.25) is 0 Å². The van der Waals surface area contributed by atoms with Crippen LogP contribution in [0.1, 0.15) is 25.5 Å². The molecule has 4 aliphatic heterocycles. The number of nitrogens with one attached hydrogen (secondary N) is 4. The number of aliphatic carboxylic acids is 1. The fourth-order valence-electron chi connectivity index (χ4n) is 5.03. The number of carboxylic acids is 1.